The summed E-state index contributed by atoms with van der Waals surface area (Å²) in [5.41, 5.74) is 0.427. The summed E-state index contributed by atoms with van der Waals surface area (Å²) in [5.74, 6) is 1.22. The second-order valence-corrected chi connectivity index (χ2v) is 5.27. The van der Waals surface area contributed by atoms with Gasteiger partial charge in [-0.05, 0) is 12.1 Å². The predicted molar refractivity (Wildman–Crippen MR) is 90.1 cm³/mol. The Kier molecular flexibility index (Phi) is 5.96. The van der Waals surface area contributed by atoms with Gasteiger partial charge in [0.15, 0.2) is 6.61 Å². The van der Waals surface area contributed by atoms with Crippen LogP contribution in [0.1, 0.15) is 0 Å². The lowest BCUT2D eigenvalue weighted by Crippen LogP contribution is -2.20. The summed E-state index contributed by atoms with van der Waals surface area (Å²) in [6.45, 7) is -0.195. The van der Waals surface area contributed by atoms with Crippen molar-refractivity contribution < 1.29 is 19.0 Å². The van der Waals surface area contributed by atoms with Gasteiger partial charge in [0.2, 0.25) is 0 Å². The lowest BCUT2D eigenvalue weighted by atomic mass is 10.3. The highest BCUT2D eigenvalue weighted by atomic mass is 35.5. The van der Waals surface area contributed by atoms with Gasteiger partial charge in [-0.25, -0.2) is 0 Å². The summed E-state index contributed by atoms with van der Waals surface area (Å²) in [5, 5.41) is 3.28. The van der Waals surface area contributed by atoms with Gasteiger partial charge in [-0.1, -0.05) is 29.3 Å². The van der Waals surface area contributed by atoms with E-state index in [2.05, 4.69) is 5.32 Å². The monoisotopic (exact) mass is 355 g/mol. The molecule has 2 rings (SSSR count). The van der Waals surface area contributed by atoms with Crippen LogP contribution in [0.4, 0.5) is 5.69 Å². The molecule has 0 aliphatic heterocycles. The van der Waals surface area contributed by atoms with Crippen LogP contribution in [-0.2, 0) is 4.79 Å². The first-order valence-corrected chi connectivity index (χ1v) is 7.39. The largest absolute Gasteiger partial charge is 0.496 e. The minimum absolute atomic E-state index is 0.195. The number of nitrogens with one attached hydrogen (secondary N) is 1. The van der Waals surface area contributed by atoms with E-state index in [0.29, 0.717) is 28.0 Å². The van der Waals surface area contributed by atoms with E-state index in [4.69, 9.17) is 37.4 Å². The number of methoxy groups -OCH3 is 2. The van der Waals surface area contributed by atoms with Crippen LogP contribution in [0.25, 0.3) is 0 Å². The Balaban J connectivity index is 2.00. The third-order valence-corrected chi connectivity index (χ3v) is 3.74. The summed E-state index contributed by atoms with van der Waals surface area (Å²) in [4.78, 5) is 12.0. The molecule has 0 saturated heterocycles. The molecule has 1 N–H and O–H groups in total. The Hall–Kier alpha value is -2.11. The molecule has 23 heavy (non-hydrogen) atoms. The molecule has 0 aliphatic carbocycles. The third kappa shape index (κ3) is 4.68. The molecule has 0 bridgehead atoms. The Morgan fingerprint density at radius 2 is 1.65 bits per heavy atom. The number of benzene rings is 2. The van der Waals surface area contributed by atoms with Gasteiger partial charge in [-0.15, -0.1) is 0 Å². The van der Waals surface area contributed by atoms with Crippen molar-refractivity contribution in [1.29, 1.82) is 0 Å². The highest BCUT2D eigenvalue weighted by Gasteiger charge is 2.10. The van der Waals surface area contributed by atoms with Gasteiger partial charge in [-0.3, -0.25) is 4.79 Å². The van der Waals surface area contributed by atoms with Crippen molar-refractivity contribution in [2.24, 2.45) is 0 Å². The third-order valence-electron chi connectivity index (χ3n) is 2.92. The van der Waals surface area contributed by atoms with E-state index in [1.165, 1.54) is 14.2 Å². The molecule has 0 aromatic heterocycles. The molecule has 0 fully saturated rings. The molecule has 0 aliphatic rings. The van der Waals surface area contributed by atoms with Gasteiger partial charge in [0.1, 0.15) is 17.2 Å². The van der Waals surface area contributed by atoms with Crippen LogP contribution in [0.2, 0.25) is 10.0 Å². The fourth-order valence-corrected chi connectivity index (χ4v) is 2.15. The van der Waals surface area contributed by atoms with Crippen molar-refractivity contribution >= 4 is 34.8 Å². The SMILES string of the molecule is COc1cc(OC)cc(OCC(=O)Nc2cccc(Cl)c2Cl)c1. The molecule has 0 saturated carbocycles. The van der Waals surface area contributed by atoms with Gasteiger partial charge in [-0.2, -0.15) is 0 Å². The summed E-state index contributed by atoms with van der Waals surface area (Å²) in [6, 6.07) is 10.00. The van der Waals surface area contributed by atoms with E-state index < -0.39 is 0 Å². The standard InChI is InChI=1S/C16H15Cl2NO4/c1-21-10-6-11(22-2)8-12(7-10)23-9-15(20)19-14-5-3-4-13(17)16(14)18/h3-8H,9H2,1-2H3,(H,19,20). The van der Waals surface area contributed by atoms with E-state index in [-0.39, 0.29) is 17.5 Å². The molecule has 5 nitrogen and oxygen atoms in total. The lowest BCUT2D eigenvalue weighted by Gasteiger charge is -2.11. The molecule has 2 aromatic rings. The van der Waals surface area contributed by atoms with Gasteiger partial charge < -0.3 is 19.5 Å². The maximum atomic E-state index is 12.0. The van der Waals surface area contributed by atoms with Crippen LogP contribution in [0.15, 0.2) is 36.4 Å². The molecule has 1 amide bonds. The Bertz CT molecular complexity index is 684. The van der Waals surface area contributed by atoms with Crippen LogP contribution >= 0.6 is 23.2 Å². The molecule has 0 heterocycles. The quantitative estimate of drug-likeness (QED) is 0.849. The van der Waals surface area contributed by atoms with Gasteiger partial charge in [0.25, 0.3) is 5.91 Å². The predicted octanol–water partition coefficient (Wildman–Crippen LogP) is 4.03. The maximum Gasteiger partial charge on any atom is 0.262 e. The molecule has 0 radical (unpaired) electrons. The number of halogens is 2. The summed E-state index contributed by atoms with van der Waals surface area (Å²) < 4.78 is 15.7. The van der Waals surface area contributed by atoms with E-state index in [1.54, 1.807) is 36.4 Å². The minimum Gasteiger partial charge on any atom is -0.496 e. The number of hydrogen-bond donors (Lipinski definition) is 1. The lowest BCUT2D eigenvalue weighted by molar-refractivity contribution is -0.118. The van der Waals surface area contributed by atoms with Crippen LogP contribution in [0.5, 0.6) is 17.2 Å². The van der Waals surface area contributed by atoms with Crippen molar-refractivity contribution in [1.82, 2.24) is 0 Å². The van der Waals surface area contributed by atoms with E-state index >= 15 is 0 Å². The first kappa shape index (κ1) is 17.2. The fraction of sp³-hybridized carbons (Fsp3) is 0.188. The second kappa shape index (κ2) is 7.94. The molecule has 122 valence electrons. The smallest absolute Gasteiger partial charge is 0.262 e. The molecular formula is C16H15Cl2NO4. The van der Waals surface area contributed by atoms with Crippen molar-refractivity contribution in [3.8, 4) is 17.2 Å². The number of carbonyl (C=O) groups excluding carboxylic acids is 1. The number of hydrogen-bond acceptors (Lipinski definition) is 4. The van der Waals surface area contributed by atoms with E-state index in [0.717, 1.165) is 0 Å². The van der Waals surface area contributed by atoms with Crippen LogP contribution in [0.3, 0.4) is 0 Å². The number of amides is 1. The minimum atomic E-state index is -0.365. The molecule has 2 aromatic carbocycles. The van der Waals surface area contributed by atoms with Crippen molar-refractivity contribution in [3.05, 3.63) is 46.4 Å². The average molecular weight is 356 g/mol. The van der Waals surface area contributed by atoms with Gasteiger partial charge >= 0.3 is 0 Å². The Morgan fingerprint density at radius 1 is 1.04 bits per heavy atom. The highest BCUT2D eigenvalue weighted by molar-refractivity contribution is 6.43. The average Bonchev–Trinajstić information content (AvgIpc) is 2.56. The number of carbonyl (C=O) groups is 1. The Labute approximate surface area is 144 Å². The van der Waals surface area contributed by atoms with E-state index in [1.807, 2.05) is 0 Å². The molecule has 0 atom stereocenters. The first-order chi connectivity index (χ1) is 11.0. The normalized spacial score (nSPS) is 10.1. The van der Waals surface area contributed by atoms with Gasteiger partial charge in [0.05, 0.1) is 30.0 Å². The Morgan fingerprint density at radius 3 is 2.26 bits per heavy atom. The number of ether oxygens (including phenoxy) is 3. The van der Waals surface area contributed by atoms with Crippen LogP contribution < -0.4 is 19.5 Å². The first-order valence-electron chi connectivity index (χ1n) is 6.63. The van der Waals surface area contributed by atoms with Crippen molar-refractivity contribution in [2.45, 2.75) is 0 Å². The second-order valence-electron chi connectivity index (χ2n) is 4.49. The van der Waals surface area contributed by atoms with Crippen molar-refractivity contribution in [3.63, 3.8) is 0 Å². The zero-order valence-corrected chi connectivity index (χ0v) is 14.1. The van der Waals surface area contributed by atoms with E-state index in [9.17, 15) is 4.79 Å². The summed E-state index contributed by atoms with van der Waals surface area (Å²) in [6.07, 6.45) is 0. The van der Waals surface area contributed by atoms with Crippen LogP contribution in [-0.4, -0.2) is 26.7 Å². The summed E-state index contributed by atoms with van der Waals surface area (Å²) in [7, 11) is 3.07. The molecule has 7 heteroatoms. The maximum absolute atomic E-state index is 12.0. The van der Waals surface area contributed by atoms with Crippen LogP contribution in [0, 0.1) is 0 Å². The zero-order chi connectivity index (χ0) is 16.8. The molecule has 0 unspecified atom stereocenters. The summed E-state index contributed by atoms with van der Waals surface area (Å²) >= 11 is 11.9. The zero-order valence-electron chi connectivity index (χ0n) is 12.6. The highest BCUT2D eigenvalue weighted by Crippen LogP contribution is 2.30. The van der Waals surface area contributed by atoms with Gasteiger partial charge in [0, 0.05) is 18.2 Å². The topological polar surface area (TPSA) is 56.8 Å². The molecular weight excluding hydrogens is 341 g/mol. The number of anilines is 1. The molecule has 0 spiro atoms. The van der Waals surface area contributed by atoms with Crippen molar-refractivity contribution in [2.75, 3.05) is 26.1 Å². The fourth-order valence-electron chi connectivity index (χ4n) is 1.80. The number of rotatable bonds is 6.